The van der Waals surface area contributed by atoms with Crippen LogP contribution in [-0.4, -0.2) is 0 Å². The van der Waals surface area contributed by atoms with Crippen LogP contribution in [0.5, 0.6) is 0 Å². The SMILES string of the molecule is CC=CC(CC)CCCC(C)CCC(C)CC(C)(CC)CCCCC. The normalized spacial score (nSPS) is 18.2. The number of unbranched alkanes of at least 4 members (excludes halogenated alkanes) is 2. The van der Waals surface area contributed by atoms with E-state index in [4.69, 9.17) is 0 Å². The second-order valence-corrected chi connectivity index (χ2v) is 9.24. The lowest BCUT2D eigenvalue weighted by Crippen LogP contribution is -2.19. The fraction of sp³-hybridized carbons (Fsp3) is 0.920. The molecule has 0 nitrogen and oxygen atoms in total. The van der Waals surface area contributed by atoms with Gasteiger partial charge in [-0.1, -0.05) is 105 Å². The Morgan fingerprint density at radius 1 is 0.840 bits per heavy atom. The Balaban J connectivity index is 4.03. The van der Waals surface area contributed by atoms with Crippen molar-refractivity contribution in [2.75, 3.05) is 0 Å². The van der Waals surface area contributed by atoms with Gasteiger partial charge in [-0.2, -0.15) is 0 Å². The zero-order valence-electron chi connectivity index (χ0n) is 18.9. The summed E-state index contributed by atoms with van der Waals surface area (Å²) in [5.74, 6) is 2.60. The second kappa shape index (κ2) is 14.9. The summed E-state index contributed by atoms with van der Waals surface area (Å²) in [4.78, 5) is 0. The molecule has 0 radical (unpaired) electrons. The third kappa shape index (κ3) is 12.7. The lowest BCUT2D eigenvalue weighted by atomic mass is 9.74. The van der Waals surface area contributed by atoms with Crippen molar-refractivity contribution in [1.29, 1.82) is 0 Å². The molecule has 0 aliphatic heterocycles. The van der Waals surface area contributed by atoms with Crippen LogP contribution < -0.4 is 0 Å². The number of allylic oxidation sites excluding steroid dienone is 2. The van der Waals surface area contributed by atoms with Crippen LogP contribution in [0.3, 0.4) is 0 Å². The first-order chi connectivity index (χ1) is 11.9. The highest BCUT2D eigenvalue weighted by atomic mass is 14.3. The molecule has 0 heteroatoms. The van der Waals surface area contributed by atoms with Crippen LogP contribution in [0.15, 0.2) is 12.2 Å². The van der Waals surface area contributed by atoms with E-state index in [-0.39, 0.29) is 0 Å². The summed E-state index contributed by atoms with van der Waals surface area (Å²) < 4.78 is 0. The van der Waals surface area contributed by atoms with Gasteiger partial charge in [-0.15, -0.1) is 0 Å². The average molecular weight is 351 g/mol. The lowest BCUT2D eigenvalue weighted by molar-refractivity contribution is 0.201. The zero-order valence-corrected chi connectivity index (χ0v) is 18.9. The Labute approximate surface area is 161 Å². The summed E-state index contributed by atoms with van der Waals surface area (Å²) >= 11 is 0. The predicted octanol–water partition coefficient (Wildman–Crippen LogP) is 9.20. The van der Waals surface area contributed by atoms with Gasteiger partial charge in [0.15, 0.2) is 0 Å². The molecule has 4 unspecified atom stereocenters. The molecule has 150 valence electrons. The average Bonchev–Trinajstić information content (AvgIpc) is 2.59. The van der Waals surface area contributed by atoms with Crippen molar-refractivity contribution in [2.45, 2.75) is 126 Å². The van der Waals surface area contributed by atoms with Crippen LogP contribution in [0.2, 0.25) is 0 Å². The molecule has 0 aliphatic carbocycles. The van der Waals surface area contributed by atoms with E-state index in [1.54, 1.807) is 0 Å². The van der Waals surface area contributed by atoms with Crippen molar-refractivity contribution in [3.05, 3.63) is 12.2 Å². The topological polar surface area (TPSA) is 0 Å². The molecular weight excluding hydrogens is 300 g/mol. The maximum Gasteiger partial charge on any atom is -0.0236 e. The minimum absolute atomic E-state index is 0.582. The third-order valence-corrected chi connectivity index (χ3v) is 6.49. The third-order valence-electron chi connectivity index (χ3n) is 6.49. The quantitative estimate of drug-likeness (QED) is 0.192. The van der Waals surface area contributed by atoms with Gasteiger partial charge in [0, 0.05) is 0 Å². The van der Waals surface area contributed by atoms with Gasteiger partial charge < -0.3 is 0 Å². The summed E-state index contributed by atoms with van der Waals surface area (Å²) in [6.07, 6.45) is 21.4. The second-order valence-electron chi connectivity index (χ2n) is 9.24. The first kappa shape index (κ1) is 24.7. The van der Waals surface area contributed by atoms with Crippen molar-refractivity contribution < 1.29 is 0 Å². The molecule has 0 N–H and O–H groups in total. The van der Waals surface area contributed by atoms with E-state index < -0.39 is 0 Å². The Hall–Kier alpha value is -0.260. The van der Waals surface area contributed by atoms with Crippen molar-refractivity contribution in [2.24, 2.45) is 23.2 Å². The molecule has 0 rings (SSSR count). The molecule has 4 atom stereocenters. The molecule has 0 amide bonds. The van der Waals surface area contributed by atoms with E-state index in [2.05, 4.69) is 60.6 Å². The Morgan fingerprint density at radius 2 is 1.52 bits per heavy atom. The van der Waals surface area contributed by atoms with E-state index in [0.29, 0.717) is 5.41 Å². The minimum Gasteiger partial charge on any atom is -0.0914 e. The number of rotatable bonds is 16. The fourth-order valence-corrected chi connectivity index (χ4v) is 4.32. The molecule has 0 aliphatic rings. The van der Waals surface area contributed by atoms with Gasteiger partial charge in [-0.25, -0.2) is 0 Å². The molecule has 0 heterocycles. The van der Waals surface area contributed by atoms with Gasteiger partial charge in [0.1, 0.15) is 0 Å². The van der Waals surface area contributed by atoms with E-state index in [1.165, 1.54) is 77.0 Å². The van der Waals surface area contributed by atoms with Gasteiger partial charge in [0.05, 0.1) is 0 Å². The summed E-state index contributed by atoms with van der Waals surface area (Å²) in [5.41, 5.74) is 0.582. The van der Waals surface area contributed by atoms with Crippen LogP contribution in [0.1, 0.15) is 126 Å². The molecule has 0 aromatic rings. The van der Waals surface area contributed by atoms with Crippen molar-refractivity contribution in [3.8, 4) is 0 Å². The highest BCUT2D eigenvalue weighted by Crippen LogP contribution is 2.37. The van der Waals surface area contributed by atoms with Gasteiger partial charge >= 0.3 is 0 Å². The standard InChI is InChI=1S/C25H50/c1-8-12-13-20-25(7,11-4)21-23(6)19-18-22(5)16-14-17-24(10-3)15-9-2/h9,15,22-24H,8,10-14,16-21H2,1-7H3. The minimum atomic E-state index is 0.582. The van der Waals surface area contributed by atoms with Crippen LogP contribution in [-0.2, 0) is 0 Å². The lowest BCUT2D eigenvalue weighted by Gasteiger charge is -2.32. The van der Waals surface area contributed by atoms with E-state index in [1.807, 2.05) is 0 Å². The van der Waals surface area contributed by atoms with Crippen molar-refractivity contribution in [3.63, 3.8) is 0 Å². The van der Waals surface area contributed by atoms with Gasteiger partial charge in [-0.3, -0.25) is 0 Å². The van der Waals surface area contributed by atoms with Crippen LogP contribution in [0, 0.1) is 23.2 Å². The first-order valence-corrected chi connectivity index (χ1v) is 11.5. The maximum atomic E-state index is 2.54. The van der Waals surface area contributed by atoms with E-state index in [9.17, 15) is 0 Å². The first-order valence-electron chi connectivity index (χ1n) is 11.5. The molecule has 0 saturated heterocycles. The van der Waals surface area contributed by atoms with Gasteiger partial charge in [0.25, 0.3) is 0 Å². The molecular formula is C25H50. The Morgan fingerprint density at radius 3 is 2.08 bits per heavy atom. The predicted molar refractivity (Wildman–Crippen MR) is 117 cm³/mol. The zero-order chi connectivity index (χ0) is 19.1. The smallest absolute Gasteiger partial charge is 0.0236 e. The van der Waals surface area contributed by atoms with E-state index >= 15 is 0 Å². The van der Waals surface area contributed by atoms with Crippen molar-refractivity contribution >= 4 is 0 Å². The maximum absolute atomic E-state index is 2.54. The summed E-state index contributed by atoms with van der Waals surface area (Å²) in [7, 11) is 0. The van der Waals surface area contributed by atoms with Gasteiger partial charge in [-0.05, 0) is 55.8 Å². The van der Waals surface area contributed by atoms with Crippen LogP contribution in [0.4, 0.5) is 0 Å². The molecule has 0 aromatic heterocycles. The fourth-order valence-electron chi connectivity index (χ4n) is 4.32. The highest BCUT2D eigenvalue weighted by Gasteiger charge is 2.24. The molecule has 25 heavy (non-hydrogen) atoms. The van der Waals surface area contributed by atoms with Crippen LogP contribution >= 0.6 is 0 Å². The summed E-state index contributed by atoms with van der Waals surface area (Å²) in [5, 5.41) is 0. The largest absolute Gasteiger partial charge is 0.0914 e. The Kier molecular flexibility index (Phi) is 14.7. The number of hydrogen-bond acceptors (Lipinski definition) is 0. The Bertz CT molecular complexity index is 316. The van der Waals surface area contributed by atoms with Gasteiger partial charge in [0.2, 0.25) is 0 Å². The van der Waals surface area contributed by atoms with E-state index in [0.717, 1.165) is 17.8 Å². The number of hydrogen-bond donors (Lipinski definition) is 0. The molecule has 0 spiro atoms. The summed E-state index contributed by atoms with van der Waals surface area (Å²) in [6.45, 7) is 16.7. The summed E-state index contributed by atoms with van der Waals surface area (Å²) in [6, 6.07) is 0. The molecule has 0 saturated carbocycles. The molecule has 0 bridgehead atoms. The molecule has 0 fully saturated rings. The van der Waals surface area contributed by atoms with Crippen LogP contribution in [0.25, 0.3) is 0 Å². The monoisotopic (exact) mass is 350 g/mol. The van der Waals surface area contributed by atoms with Crippen molar-refractivity contribution in [1.82, 2.24) is 0 Å². The molecule has 0 aromatic carbocycles. The highest BCUT2D eigenvalue weighted by molar-refractivity contribution is 4.84.